The Bertz CT molecular complexity index is 189. The van der Waals surface area contributed by atoms with Gasteiger partial charge in [0.1, 0.15) is 5.60 Å². The van der Waals surface area contributed by atoms with Crippen LogP contribution in [0.15, 0.2) is 0 Å². The molecule has 1 amide bonds. The normalized spacial score (nSPS) is 13.6. The first kappa shape index (κ1) is 13.2. The number of hydroxylamine groups is 2. The third kappa shape index (κ3) is 5.77. The van der Waals surface area contributed by atoms with E-state index >= 15 is 0 Å². The molecule has 0 spiro atoms. The zero-order valence-electron chi connectivity index (χ0n) is 9.28. The Hall–Kier alpha value is -0.810. The summed E-state index contributed by atoms with van der Waals surface area (Å²) in [4.78, 5) is 11.2. The minimum Gasteiger partial charge on any atom is -0.442 e. The zero-order chi connectivity index (χ0) is 11.4. The minimum atomic E-state index is -0.738. The molecule has 0 aliphatic heterocycles. The number of nitrogens with two attached hydrogens (primary N) is 1. The summed E-state index contributed by atoms with van der Waals surface area (Å²) in [5, 5.41) is 9.84. The summed E-state index contributed by atoms with van der Waals surface area (Å²) >= 11 is 0. The van der Waals surface area contributed by atoms with Crippen molar-refractivity contribution in [1.29, 1.82) is 0 Å². The van der Waals surface area contributed by atoms with E-state index in [1.54, 1.807) is 20.8 Å². The van der Waals surface area contributed by atoms with E-state index in [1.165, 1.54) is 0 Å². The molecule has 3 N–H and O–H groups in total. The molecule has 1 atom stereocenters. The predicted octanol–water partition coefficient (Wildman–Crippen LogP) is 1.21. The molecule has 0 saturated heterocycles. The van der Waals surface area contributed by atoms with Crippen LogP contribution in [0, 0.1) is 5.92 Å². The molecule has 0 aliphatic rings. The first-order chi connectivity index (χ1) is 6.26. The largest absolute Gasteiger partial charge is 0.442 e. The lowest BCUT2D eigenvalue weighted by Crippen LogP contribution is -2.38. The number of carbonyl (C=O) groups is 1. The molecule has 84 valence electrons. The molecular formula is C9H20N2O3. The average Bonchev–Trinajstić information content (AvgIpc) is 2.00. The van der Waals surface area contributed by atoms with Crippen LogP contribution in [0.3, 0.4) is 0 Å². The molecule has 0 aliphatic carbocycles. The van der Waals surface area contributed by atoms with Crippen molar-refractivity contribution in [3.05, 3.63) is 0 Å². The third-order valence-corrected chi connectivity index (χ3v) is 1.49. The Labute approximate surface area is 84.8 Å². The highest BCUT2D eigenvalue weighted by molar-refractivity contribution is 5.66. The summed E-state index contributed by atoms with van der Waals surface area (Å²) < 4.78 is 4.94. The maximum absolute atomic E-state index is 11.2. The molecule has 5 heteroatoms. The van der Waals surface area contributed by atoms with Gasteiger partial charge in [-0.15, -0.1) is 0 Å². The van der Waals surface area contributed by atoms with Crippen molar-refractivity contribution in [2.45, 2.75) is 33.3 Å². The van der Waals surface area contributed by atoms with Crippen LogP contribution in [0.25, 0.3) is 0 Å². The van der Waals surface area contributed by atoms with Crippen LogP contribution in [0.4, 0.5) is 4.79 Å². The van der Waals surface area contributed by atoms with E-state index in [9.17, 15) is 10.0 Å². The molecule has 0 aromatic rings. The number of hydrogen-bond donors (Lipinski definition) is 2. The smallest absolute Gasteiger partial charge is 0.434 e. The summed E-state index contributed by atoms with van der Waals surface area (Å²) in [6.07, 6.45) is -0.738. The Morgan fingerprint density at radius 2 is 2.07 bits per heavy atom. The minimum absolute atomic E-state index is 0.0486. The van der Waals surface area contributed by atoms with E-state index < -0.39 is 11.7 Å². The first-order valence-electron chi connectivity index (χ1n) is 4.65. The van der Waals surface area contributed by atoms with Crippen molar-refractivity contribution >= 4 is 6.09 Å². The number of nitrogens with zero attached hydrogens (tertiary/aromatic N) is 1. The van der Waals surface area contributed by atoms with Gasteiger partial charge in [-0.1, -0.05) is 6.92 Å². The topological polar surface area (TPSA) is 75.8 Å². The molecular weight excluding hydrogens is 184 g/mol. The first-order valence-corrected chi connectivity index (χ1v) is 4.65. The molecule has 0 rings (SSSR count). The van der Waals surface area contributed by atoms with Crippen molar-refractivity contribution in [2.75, 3.05) is 13.1 Å². The fourth-order valence-corrected chi connectivity index (χ4v) is 0.759. The zero-order valence-corrected chi connectivity index (χ0v) is 9.28. The monoisotopic (exact) mass is 204 g/mol. The van der Waals surface area contributed by atoms with Gasteiger partial charge in [-0.3, -0.25) is 5.21 Å². The third-order valence-electron chi connectivity index (χ3n) is 1.49. The summed E-state index contributed by atoms with van der Waals surface area (Å²) in [6, 6.07) is 0. The molecule has 0 aromatic heterocycles. The van der Waals surface area contributed by atoms with Gasteiger partial charge in [-0.2, -0.15) is 5.06 Å². The van der Waals surface area contributed by atoms with Gasteiger partial charge in [-0.25, -0.2) is 4.79 Å². The van der Waals surface area contributed by atoms with Crippen LogP contribution in [-0.4, -0.2) is 35.1 Å². The maximum Gasteiger partial charge on any atom is 0.434 e. The van der Waals surface area contributed by atoms with Crippen LogP contribution < -0.4 is 5.73 Å². The lowest BCUT2D eigenvalue weighted by molar-refractivity contribution is -0.0996. The lowest BCUT2D eigenvalue weighted by atomic mass is 10.2. The van der Waals surface area contributed by atoms with Crippen LogP contribution in [0.1, 0.15) is 27.7 Å². The molecule has 0 fully saturated rings. The van der Waals surface area contributed by atoms with Crippen LogP contribution >= 0.6 is 0 Å². The number of hydrogen-bond acceptors (Lipinski definition) is 4. The number of carbonyl (C=O) groups excluding carboxylic acids is 1. The predicted molar refractivity (Wildman–Crippen MR) is 52.9 cm³/mol. The SMILES string of the molecule is CC(CN)CN(O)C(=O)OC(C)(C)C. The van der Waals surface area contributed by atoms with Crippen LogP contribution in [0.5, 0.6) is 0 Å². The second kappa shape index (κ2) is 5.17. The van der Waals surface area contributed by atoms with Crippen LogP contribution in [0.2, 0.25) is 0 Å². The number of amides is 1. The second-order valence-electron chi connectivity index (χ2n) is 4.40. The summed E-state index contributed by atoms with van der Waals surface area (Å²) in [5.74, 6) is 0.0486. The number of ether oxygens (including phenoxy) is 1. The lowest BCUT2D eigenvalue weighted by Gasteiger charge is -2.24. The highest BCUT2D eigenvalue weighted by Gasteiger charge is 2.21. The summed E-state index contributed by atoms with van der Waals surface area (Å²) in [5.41, 5.74) is 4.76. The fraction of sp³-hybridized carbons (Fsp3) is 0.889. The highest BCUT2D eigenvalue weighted by atomic mass is 16.6. The van der Waals surface area contributed by atoms with Gasteiger partial charge in [0.15, 0.2) is 0 Å². The molecule has 0 bridgehead atoms. The van der Waals surface area contributed by atoms with Gasteiger partial charge < -0.3 is 10.5 Å². The van der Waals surface area contributed by atoms with E-state index in [2.05, 4.69) is 0 Å². The molecule has 0 aromatic carbocycles. The van der Waals surface area contributed by atoms with Gasteiger partial charge in [0.05, 0.1) is 6.54 Å². The molecule has 1 unspecified atom stereocenters. The van der Waals surface area contributed by atoms with Crippen molar-refractivity contribution in [3.8, 4) is 0 Å². The Balaban J connectivity index is 4.00. The molecule has 14 heavy (non-hydrogen) atoms. The van der Waals surface area contributed by atoms with Crippen molar-refractivity contribution in [2.24, 2.45) is 11.7 Å². The molecule has 0 radical (unpaired) electrons. The fourth-order valence-electron chi connectivity index (χ4n) is 0.759. The molecule has 0 heterocycles. The Morgan fingerprint density at radius 1 is 1.57 bits per heavy atom. The van der Waals surface area contributed by atoms with Gasteiger partial charge in [0.25, 0.3) is 0 Å². The molecule has 0 saturated carbocycles. The van der Waals surface area contributed by atoms with Crippen molar-refractivity contribution in [3.63, 3.8) is 0 Å². The van der Waals surface area contributed by atoms with E-state index in [1.807, 2.05) is 6.92 Å². The summed E-state index contributed by atoms with van der Waals surface area (Å²) in [6.45, 7) is 7.67. The van der Waals surface area contributed by atoms with Crippen LogP contribution in [-0.2, 0) is 4.74 Å². The Morgan fingerprint density at radius 3 is 2.43 bits per heavy atom. The number of rotatable bonds is 3. The standard InChI is InChI=1S/C9H20N2O3/c1-7(5-10)6-11(13)8(12)14-9(2,3)4/h7,13H,5-6,10H2,1-4H3. The Kier molecular flexibility index (Phi) is 4.87. The van der Waals surface area contributed by atoms with E-state index in [0.29, 0.717) is 11.6 Å². The second-order valence-corrected chi connectivity index (χ2v) is 4.40. The average molecular weight is 204 g/mol. The van der Waals surface area contributed by atoms with Gasteiger partial charge in [-0.05, 0) is 33.2 Å². The van der Waals surface area contributed by atoms with Gasteiger partial charge in [0, 0.05) is 0 Å². The van der Waals surface area contributed by atoms with Gasteiger partial charge >= 0.3 is 6.09 Å². The van der Waals surface area contributed by atoms with Crippen molar-refractivity contribution in [1.82, 2.24) is 5.06 Å². The van der Waals surface area contributed by atoms with E-state index in [0.717, 1.165) is 0 Å². The summed E-state index contributed by atoms with van der Waals surface area (Å²) in [7, 11) is 0. The maximum atomic E-state index is 11.2. The quantitative estimate of drug-likeness (QED) is 0.535. The molecule has 5 nitrogen and oxygen atoms in total. The van der Waals surface area contributed by atoms with Crippen molar-refractivity contribution < 1.29 is 14.7 Å². The van der Waals surface area contributed by atoms with E-state index in [4.69, 9.17) is 10.5 Å². The van der Waals surface area contributed by atoms with Gasteiger partial charge in [0.2, 0.25) is 0 Å². The van der Waals surface area contributed by atoms with E-state index in [-0.39, 0.29) is 12.5 Å². The highest BCUT2D eigenvalue weighted by Crippen LogP contribution is 2.09.